The molecule has 0 saturated carbocycles. The molecule has 0 amide bonds. The molecule has 3 rings (SSSR count). The third-order valence-corrected chi connectivity index (χ3v) is 3.45. The van der Waals surface area contributed by atoms with Crippen molar-refractivity contribution in [1.29, 1.82) is 0 Å². The molecule has 1 unspecified atom stereocenters. The van der Waals surface area contributed by atoms with Gasteiger partial charge in [-0.25, -0.2) is 8.78 Å². The Hall–Kier alpha value is -1.82. The normalized spacial score (nSPS) is 19.2. The molecule has 0 spiro atoms. The van der Waals surface area contributed by atoms with Crippen LogP contribution in [0.4, 0.5) is 8.78 Å². The Labute approximate surface area is 115 Å². The molecule has 2 aromatic rings. The molecule has 0 bridgehead atoms. The molecule has 1 atom stereocenters. The van der Waals surface area contributed by atoms with Crippen LogP contribution in [0.2, 0.25) is 0 Å². The Bertz CT molecular complexity index is 594. The smallest absolute Gasteiger partial charge is 0.231 e. The number of aromatic nitrogens is 2. The van der Waals surface area contributed by atoms with E-state index in [0.717, 1.165) is 37.9 Å². The first-order chi connectivity index (χ1) is 9.72. The van der Waals surface area contributed by atoms with Crippen molar-refractivity contribution >= 4 is 0 Å². The van der Waals surface area contributed by atoms with E-state index in [9.17, 15) is 8.78 Å². The SMILES string of the molecule is Fc1ccc(Cc2nc(C3CCCCN3)no2)cc1F. The molecule has 1 saturated heterocycles. The zero-order valence-electron chi connectivity index (χ0n) is 10.9. The van der Waals surface area contributed by atoms with Crippen LogP contribution in [0.3, 0.4) is 0 Å². The monoisotopic (exact) mass is 279 g/mol. The molecular weight excluding hydrogens is 264 g/mol. The maximum Gasteiger partial charge on any atom is 0.231 e. The highest BCUT2D eigenvalue weighted by Crippen LogP contribution is 2.21. The number of benzene rings is 1. The van der Waals surface area contributed by atoms with Gasteiger partial charge < -0.3 is 9.84 Å². The van der Waals surface area contributed by atoms with Crippen LogP contribution in [0.15, 0.2) is 22.7 Å². The number of hydrogen-bond acceptors (Lipinski definition) is 4. The van der Waals surface area contributed by atoms with Crippen molar-refractivity contribution in [3.05, 3.63) is 47.1 Å². The first kappa shape index (κ1) is 13.2. The Morgan fingerprint density at radius 2 is 2.15 bits per heavy atom. The van der Waals surface area contributed by atoms with Crippen molar-refractivity contribution in [3.8, 4) is 0 Å². The lowest BCUT2D eigenvalue weighted by atomic mass is 10.0. The van der Waals surface area contributed by atoms with Crippen molar-refractivity contribution in [1.82, 2.24) is 15.5 Å². The highest BCUT2D eigenvalue weighted by atomic mass is 19.2. The van der Waals surface area contributed by atoms with Crippen LogP contribution >= 0.6 is 0 Å². The molecule has 0 radical (unpaired) electrons. The maximum atomic E-state index is 13.1. The lowest BCUT2D eigenvalue weighted by molar-refractivity contribution is 0.351. The second kappa shape index (κ2) is 5.66. The third kappa shape index (κ3) is 2.85. The van der Waals surface area contributed by atoms with E-state index in [-0.39, 0.29) is 6.04 Å². The summed E-state index contributed by atoms with van der Waals surface area (Å²) in [4.78, 5) is 4.32. The molecule has 1 aliphatic rings. The van der Waals surface area contributed by atoms with Crippen LogP contribution in [0, 0.1) is 11.6 Å². The van der Waals surface area contributed by atoms with E-state index in [1.165, 1.54) is 6.07 Å². The number of rotatable bonds is 3. The van der Waals surface area contributed by atoms with Crippen LogP contribution in [0.5, 0.6) is 0 Å². The summed E-state index contributed by atoms with van der Waals surface area (Å²) in [6, 6.07) is 3.90. The number of piperidine rings is 1. The summed E-state index contributed by atoms with van der Waals surface area (Å²) in [5, 5.41) is 7.29. The molecule has 1 fully saturated rings. The molecule has 20 heavy (non-hydrogen) atoms. The second-order valence-electron chi connectivity index (χ2n) is 4.97. The Morgan fingerprint density at radius 3 is 2.90 bits per heavy atom. The highest BCUT2D eigenvalue weighted by Gasteiger charge is 2.20. The molecule has 1 aromatic carbocycles. The van der Waals surface area contributed by atoms with Gasteiger partial charge in [-0.3, -0.25) is 0 Å². The van der Waals surface area contributed by atoms with Crippen molar-refractivity contribution in [2.24, 2.45) is 0 Å². The molecule has 1 aliphatic heterocycles. The Morgan fingerprint density at radius 1 is 1.25 bits per heavy atom. The summed E-state index contributed by atoms with van der Waals surface area (Å²) >= 11 is 0. The third-order valence-electron chi connectivity index (χ3n) is 3.45. The second-order valence-corrected chi connectivity index (χ2v) is 4.97. The molecular formula is C14H15F2N3O. The van der Waals surface area contributed by atoms with Gasteiger partial charge in [0.1, 0.15) is 0 Å². The molecule has 0 aliphatic carbocycles. The minimum absolute atomic E-state index is 0.131. The van der Waals surface area contributed by atoms with Crippen molar-refractivity contribution in [2.45, 2.75) is 31.7 Å². The topological polar surface area (TPSA) is 51.0 Å². The standard InChI is InChI=1S/C14H15F2N3O/c15-10-5-4-9(7-11(10)16)8-13-18-14(19-20-13)12-3-1-2-6-17-12/h4-5,7,12,17H,1-3,6,8H2. The zero-order valence-corrected chi connectivity index (χ0v) is 10.9. The van der Waals surface area contributed by atoms with Crippen molar-refractivity contribution in [3.63, 3.8) is 0 Å². The van der Waals surface area contributed by atoms with Crippen molar-refractivity contribution < 1.29 is 13.3 Å². The molecule has 1 N–H and O–H groups in total. The van der Waals surface area contributed by atoms with Gasteiger partial charge in [0.15, 0.2) is 17.5 Å². The van der Waals surface area contributed by atoms with E-state index < -0.39 is 11.6 Å². The van der Waals surface area contributed by atoms with Gasteiger partial charge in [-0.05, 0) is 37.1 Å². The number of halogens is 2. The molecule has 106 valence electrons. The fourth-order valence-corrected chi connectivity index (χ4v) is 2.38. The lowest BCUT2D eigenvalue weighted by Crippen LogP contribution is -2.27. The summed E-state index contributed by atoms with van der Waals surface area (Å²) in [7, 11) is 0. The summed E-state index contributed by atoms with van der Waals surface area (Å²) in [6.07, 6.45) is 3.60. The van der Waals surface area contributed by atoms with Gasteiger partial charge in [-0.15, -0.1) is 0 Å². The van der Waals surface area contributed by atoms with Crippen LogP contribution in [-0.4, -0.2) is 16.7 Å². The van der Waals surface area contributed by atoms with E-state index in [0.29, 0.717) is 23.7 Å². The van der Waals surface area contributed by atoms with E-state index in [1.54, 1.807) is 0 Å². The van der Waals surface area contributed by atoms with Crippen molar-refractivity contribution in [2.75, 3.05) is 6.54 Å². The summed E-state index contributed by atoms with van der Waals surface area (Å²) in [5.41, 5.74) is 0.607. The summed E-state index contributed by atoms with van der Waals surface area (Å²) in [5.74, 6) is -0.664. The fraction of sp³-hybridized carbons (Fsp3) is 0.429. The zero-order chi connectivity index (χ0) is 13.9. The Balaban J connectivity index is 1.71. The van der Waals surface area contributed by atoms with Gasteiger partial charge in [-0.2, -0.15) is 4.98 Å². The van der Waals surface area contributed by atoms with E-state index in [4.69, 9.17) is 4.52 Å². The highest BCUT2D eigenvalue weighted by molar-refractivity contribution is 5.20. The van der Waals surface area contributed by atoms with Gasteiger partial charge >= 0.3 is 0 Å². The molecule has 2 heterocycles. The Kier molecular flexibility index (Phi) is 3.73. The maximum absolute atomic E-state index is 13.1. The van der Waals surface area contributed by atoms with Gasteiger partial charge in [0, 0.05) is 0 Å². The van der Waals surface area contributed by atoms with Gasteiger partial charge in [0.25, 0.3) is 0 Å². The number of nitrogens with zero attached hydrogens (tertiary/aromatic N) is 2. The quantitative estimate of drug-likeness (QED) is 0.938. The van der Waals surface area contributed by atoms with E-state index in [1.807, 2.05) is 0 Å². The number of nitrogens with one attached hydrogen (secondary N) is 1. The minimum Gasteiger partial charge on any atom is -0.339 e. The predicted octanol–water partition coefficient (Wildman–Crippen LogP) is 2.75. The van der Waals surface area contributed by atoms with Gasteiger partial charge in [0.05, 0.1) is 12.5 Å². The summed E-state index contributed by atoms with van der Waals surface area (Å²) < 4.78 is 31.2. The van der Waals surface area contributed by atoms with Gasteiger partial charge in [0.2, 0.25) is 5.89 Å². The van der Waals surface area contributed by atoms with Crippen LogP contribution < -0.4 is 5.32 Å². The van der Waals surface area contributed by atoms with Crippen LogP contribution in [0.1, 0.15) is 42.6 Å². The predicted molar refractivity (Wildman–Crippen MR) is 68.1 cm³/mol. The van der Waals surface area contributed by atoms with Crippen LogP contribution in [-0.2, 0) is 6.42 Å². The summed E-state index contributed by atoms with van der Waals surface area (Å²) in [6.45, 7) is 0.956. The molecule has 6 heteroatoms. The average molecular weight is 279 g/mol. The molecule has 4 nitrogen and oxygen atoms in total. The van der Waals surface area contributed by atoms with E-state index in [2.05, 4.69) is 15.5 Å². The number of hydrogen-bond donors (Lipinski definition) is 1. The van der Waals surface area contributed by atoms with Gasteiger partial charge in [-0.1, -0.05) is 17.6 Å². The first-order valence-corrected chi connectivity index (χ1v) is 6.72. The molecule has 1 aromatic heterocycles. The largest absolute Gasteiger partial charge is 0.339 e. The fourth-order valence-electron chi connectivity index (χ4n) is 2.38. The first-order valence-electron chi connectivity index (χ1n) is 6.72. The van der Waals surface area contributed by atoms with E-state index >= 15 is 0 Å². The lowest BCUT2D eigenvalue weighted by Gasteiger charge is -2.19. The van der Waals surface area contributed by atoms with Crippen LogP contribution in [0.25, 0.3) is 0 Å². The minimum atomic E-state index is -0.865. The average Bonchev–Trinajstić information content (AvgIpc) is 2.92.